The molecule has 0 aliphatic rings. The van der Waals surface area contributed by atoms with Crippen LogP contribution in [0.3, 0.4) is 0 Å². The van der Waals surface area contributed by atoms with Crippen LogP contribution in [0.25, 0.3) is 0 Å². The number of carboxylic acid groups (broad SMARTS) is 2. The number of allylic oxidation sites excluding steroid dienone is 1. The number of unbranched alkanes of at least 4 members (excludes halogenated alkanes) is 5. The van der Waals surface area contributed by atoms with Crippen molar-refractivity contribution in [3.8, 4) is 0 Å². The summed E-state index contributed by atoms with van der Waals surface area (Å²) in [5, 5.41) is 18.8. The van der Waals surface area contributed by atoms with E-state index in [4.69, 9.17) is 10.2 Å². The third-order valence-electron chi connectivity index (χ3n) is 2.09. The Bertz CT molecular complexity index is 238. The maximum atomic E-state index is 10.2. The van der Waals surface area contributed by atoms with E-state index in [2.05, 4.69) is 5.32 Å². The van der Waals surface area contributed by atoms with Crippen molar-refractivity contribution < 1.29 is 19.8 Å². The zero-order valence-electron chi connectivity index (χ0n) is 9.32. The van der Waals surface area contributed by atoms with Gasteiger partial charge in [0.2, 0.25) is 0 Å². The molecule has 0 aromatic heterocycles. The lowest BCUT2D eigenvalue weighted by Crippen LogP contribution is -2.12. The van der Waals surface area contributed by atoms with Crippen molar-refractivity contribution in [3.05, 3.63) is 12.3 Å². The van der Waals surface area contributed by atoms with Gasteiger partial charge in [0.15, 0.2) is 0 Å². The summed E-state index contributed by atoms with van der Waals surface area (Å²) >= 11 is 0. The number of nitrogens with one attached hydrogen (secondary N) is 1. The first-order valence-electron chi connectivity index (χ1n) is 5.49. The minimum atomic E-state index is -1.05. The van der Waals surface area contributed by atoms with Crippen molar-refractivity contribution in [3.63, 3.8) is 0 Å². The van der Waals surface area contributed by atoms with Crippen molar-refractivity contribution in [2.75, 3.05) is 0 Å². The number of amides is 1. The predicted molar refractivity (Wildman–Crippen MR) is 60.3 cm³/mol. The minimum absolute atomic E-state index is 0.252. The van der Waals surface area contributed by atoms with Crippen LogP contribution in [-0.2, 0) is 4.79 Å². The molecule has 3 N–H and O–H groups in total. The van der Waals surface area contributed by atoms with Gasteiger partial charge in [-0.25, -0.2) is 4.79 Å². The molecule has 5 heteroatoms. The van der Waals surface area contributed by atoms with Crippen LogP contribution in [0.15, 0.2) is 12.3 Å². The van der Waals surface area contributed by atoms with Crippen LogP contribution in [-0.4, -0.2) is 22.3 Å². The number of hydrogen-bond donors (Lipinski definition) is 3. The van der Waals surface area contributed by atoms with Gasteiger partial charge >= 0.3 is 12.1 Å². The van der Waals surface area contributed by atoms with Gasteiger partial charge in [-0.2, -0.15) is 0 Å². The molecule has 1 amide bonds. The quantitative estimate of drug-likeness (QED) is 0.530. The van der Waals surface area contributed by atoms with Gasteiger partial charge < -0.3 is 10.2 Å². The van der Waals surface area contributed by atoms with Gasteiger partial charge in [-0.15, -0.1) is 0 Å². The third-order valence-corrected chi connectivity index (χ3v) is 2.09. The van der Waals surface area contributed by atoms with Crippen molar-refractivity contribution in [2.45, 2.75) is 44.9 Å². The number of rotatable bonds is 9. The Morgan fingerprint density at radius 3 is 2.25 bits per heavy atom. The molecule has 5 nitrogen and oxygen atoms in total. The molecule has 0 aromatic carbocycles. The summed E-state index contributed by atoms with van der Waals surface area (Å²) in [6.45, 7) is 0. The summed E-state index contributed by atoms with van der Waals surface area (Å²) < 4.78 is 0. The highest BCUT2D eigenvalue weighted by Crippen LogP contribution is 2.07. The maximum absolute atomic E-state index is 10.2. The van der Waals surface area contributed by atoms with Crippen LogP contribution >= 0.6 is 0 Å². The van der Waals surface area contributed by atoms with Gasteiger partial charge in [0, 0.05) is 12.6 Å². The second kappa shape index (κ2) is 10.0. The van der Waals surface area contributed by atoms with E-state index in [1.165, 1.54) is 6.20 Å². The molecule has 16 heavy (non-hydrogen) atoms. The molecule has 0 saturated heterocycles. The average Bonchev–Trinajstić information content (AvgIpc) is 2.20. The molecule has 0 heterocycles. The maximum Gasteiger partial charge on any atom is 0.408 e. The first-order valence-corrected chi connectivity index (χ1v) is 5.49. The molecule has 0 fully saturated rings. The van der Waals surface area contributed by atoms with Crippen LogP contribution in [0.5, 0.6) is 0 Å². The van der Waals surface area contributed by atoms with Crippen LogP contribution in [0.1, 0.15) is 44.9 Å². The zero-order valence-corrected chi connectivity index (χ0v) is 9.32. The van der Waals surface area contributed by atoms with E-state index < -0.39 is 12.1 Å². The average molecular weight is 229 g/mol. The molecule has 0 aromatic rings. The smallest absolute Gasteiger partial charge is 0.408 e. The van der Waals surface area contributed by atoms with Crippen molar-refractivity contribution in [2.24, 2.45) is 0 Å². The van der Waals surface area contributed by atoms with Crippen LogP contribution < -0.4 is 5.32 Å². The Labute approximate surface area is 95.2 Å². The first kappa shape index (κ1) is 14.5. The third kappa shape index (κ3) is 12.5. The highest BCUT2D eigenvalue weighted by Gasteiger charge is 1.95. The highest BCUT2D eigenvalue weighted by atomic mass is 16.4. The Hall–Kier alpha value is -1.52. The lowest BCUT2D eigenvalue weighted by Gasteiger charge is -1.98. The fourth-order valence-electron chi connectivity index (χ4n) is 1.28. The van der Waals surface area contributed by atoms with Crippen molar-refractivity contribution in [1.82, 2.24) is 5.32 Å². The summed E-state index contributed by atoms with van der Waals surface area (Å²) in [5.74, 6) is -0.734. The van der Waals surface area contributed by atoms with Crippen LogP contribution in [0.2, 0.25) is 0 Å². The minimum Gasteiger partial charge on any atom is -0.481 e. The van der Waals surface area contributed by atoms with E-state index >= 15 is 0 Å². The number of carbonyl (C=O) groups is 2. The second-order valence-corrected chi connectivity index (χ2v) is 3.55. The Kier molecular flexibility index (Phi) is 9.06. The van der Waals surface area contributed by atoms with Crippen LogP contribution in [0, 0.1) is 0 Å². The predicted octanol–water partition coefficient (Wildman–Crippen LogP) is 2.58. The molecule has 0 atom stereocenters. The van der Waals surface area contributed by atoms with E-state index in [0.717, 1.165) is 38.5 Å². The molecule has 92 valence electrons. The highest BCUT2D eigenvalue weighted by molar-refractivity contribution is 5.66. The van der Waals surface area contributed by atoms with Crippen molar-refractivity contribution >= 4 is 12.1 Å². The second-order valence-electron chi connectivity index (χ2n) is 3.55. The number of carboxylic acids is 1. The van der Waals surface area contributed by atoms with Gasteiger partial charge in [0.1, 0.15) is 0 Å². The van der Waals surface area contributed by atoms with Crippen LogP contribution in [0.4, 0.5) is 4.79 Å². The Morgan fingerprint density at radius 1 is 1.00 bits per heavy atom. The SMILES string of the molecule is O=C(O)CCCCCCC/C=C/NC(=O)O. The van der Waals surface area contributed by atoms with E-state index in [9.17, 15) is 9.59 Å². The number of aliphatic carboxylic acids is 1. The normalized spacial score (nSPS) is 10.5. The lowest BCUT2D eigenvalue weighted by atomic mass is 10.1. The standard InChI is InChI=1S/C11H19NO4/c13-10(14)8-6-4-2-1-3-5-7-9-12-11(15)16/h7,9,12H,1-6,8H2,(H,13,14)(H,15,16)/b9-7+. The summed E-state index contributed by atoms with van der Waals surface area (Å²) in [6, 6.07) is 0. The molecule has 0 aliphatic carbocycles. The molecule has 0 aliphatic heterocycles. The molecule has 0 spiro atoms. The van der Waals surface area contributed by atoms with Gasteiger partial charge in [0.05, 0.1) is 0 Å². The van der Waals surface area contributed by atoms with Crippen molar-refractivity contribution in [1.29, 1.82) is 0 Å². The van der Waals surface area contributed by atoms with E-state index in [1.807, 2.05) is 0 Å². The monoisotopic (exact) mass is 229 g/mol. The van der Waals surface area contributed by atoms with Gasteiger partial charge in [-0.05, 0) is 19.3 Å². The molecule has 0 rings (SSSR count). The summed E-state index contributed by atoms with van der Waals surface area (Å²) in [4.78, 5) is 20.2. The molecule has 0 unspecified atom stereocenters. The van der Waals surface area contributed by atoms with Gasteiger partial charge in [-0.3, -0.25) is 10.1 Å². The molecule has 0 radical (unpaired) electrons. The summed E-state index contributed by atoms with van der Waals surface area (Å²) in [5.41, 5.74) is 0. The van der Waals surface area contributed by atoms with E-state index in [-0.39, 0.29) is 6.42 Å². The fraction of sp³-hybridized carbons (Fsp3) is 0.636. The summed E-state index contributed by atoms with van der Waals surface area (Å²) in [7, 11) is 0. The molecule has 0 saturated carbocycles. The van der Waals surface area contributed by atoms with E-state index in [0.29, 0.717) is 0 Å². The molecule has 0 bridgehead atoms. The molecular formula is C11H19NO4. The molecular weight excluding hydrogens is 210 g/mol. The largest absolute Gasteiger partial charge is 0.481 e. The number of hydrogen-bond acceptors (Lipinski definition) is 2. The van der Waals surface area contributed by atoms with E-state index in [1.54, 1.807) is 6.08 Å². The lowest BCUT2D eigenvalue weighted by molar-refractivity contribution is -0.137. The summed E-state index contributed by atoms with van der Waals surface area (Å²) in [6.07, 6.45) is 8.04. The Balaban J connectivity index is 3.12. The Morgan fingerprint density at radius 2 is 1.62 bits per heavy atom. The topological polar surface area (TPSA) is 86.6 Å². The fourth-order valence-corrected chi connectivity index (χ4v) is 1.28. The zero-order chi connectivity index (χ0) is 12.2. The first-order chi connectivity index (χ1) is 7.63. The van der Waals surface area contributed by atoms with Gasteiger partial charge in [-0.1, -0.05) is 25.3 Å². The van der Waals surface area contributed by atoms with Gasteiger partial charge in [0.25, 0.3) is 0 Å².